The molecule has 6 heteroatoms. The molecule has 1 aliphatic heterocycles. The Morgan fingerprint density at radius 3 is 2.45 bits per heavy atom. The van der Waals surface area contributed by atoms with Crippen LogP contribution in [-0.2, 0) is 19.1 Å². The number of allylic oxidation sites excluding steroid dienone is 1. The van der Waals surface area contributed by atoms with Crippen molar-refractivity contribution in [2.75, 3.05) is 6.61 Å². The molecule has 1 rings (SSSR count). The van der Waals surface area contributed by atoms with Gasteiger partial charge in [0, 0.05) is 12.0 Å². The van der Waals surface area contributed by atoms with Crippen LogP contribution in [-0.4, -0.2) is 41.1 Å². The van der Waals surface area contributed by atoms with Crippen LogP contribution in [0.1, 0.15) is 41.0 Å². The second-order valence-electron chi connectivity index (χ2n) is 5.44. The third kappa shape index (κ3) is 3.59. The molecule has 1 heterocycles. The molecule has 112 valence electrons. The first-order chi connectivity index (χ1) is 9.21. The summed E-state index contributed by atoms with van der Waals surface area (Å²) in [6.45, 7) is 8.64. The van der Waals surface area contributed by atoms with Crippen LogP contribution in [0, 0.1) is 0 Å². The first-order valence-electron chi connectivity index (χ1n) is 6.59. The minimum Gasteiger partial charge on any atom is -0.464 e. The number of ether oxygens (including phenoxy) is 2. The highest BCUT2D eigenvalue weighted by molar-refractivity contribution is 6.08. The monoisotopic (exact) mass is 283 g/mol. The Morgan fingerprint density at radius 1 is 1.40 bits per heavy atom. The van der Waals surface area contributed by atoms with Crippen molar-refractivity contribution in [2.45, 2.75) is 52.7 Å². The zero-order valence-corrected chi connectivity index (χ0v) is 12.6. The topological polar surface area (TPSA) is 72.9 Å². The molecule has 6 nitrogen and oxygen atoms in total. The lowest BCUT2D eigenvalue weighted by Crippen LogP contribution is -2.46. The molecule has 0 aromatic rings. The van der Waals surface area contributed by atoms with Crippen molar-refractivity contribution in [2.24, 2.45) is 0 Å². The van der Waals surface area contributed by atoms with Gasteiger partial charge in [0.25, 0.3) is 5.91 Å². The molecule has 0 aromatic heterocycles. The molecule has 1 aliphatic rings. The largest absolute Gasteiger partial charge is 0.464 e. The fraction of sp³-hybridized carbons (Fsp3) is 0.643. The van der Waals surface area contributed by atoms with Crippen molar-refractivity contribution in [3.8, 4) is 0 Å². The van der Waals surface area contributed by atoms with Crippen LogP contribution in [0.3, 0.4) is 0 Å². The van der Waals surface area contributed by atoms with Crippen LogP contribution >= 0.6 is 0 Å². The van der Waals surface area contributed by atoms with Crippen LogP contribution in [0.4, 0.5) is 4.79 Å². The number of amides is 2. The summed E-state index contributed by atoms with van der Waals surface area (Å²) in [5.74, 6) is -1.09. The van der Waals surface area contributed by atoms with Gasteiger partial charge in [0.1, 0.15) is 11.6 Å². The second kappa shape index (κ2) is 6.07. The Bertz CT molecular complexity index is 447. The predicted octanol–water partition coefficient (Wildman–Crippen LogP) is 2.03. The van der Waals surface area contributed by atoms with Crippen LogP contribution in [0.5, 0.6) is 0 Å². The summed E-state index contributed by atoms with van der Waals surface area (Å²) in [6.07, 6.45) is 0.934. The summed E-state index contributed by atoms with van der Waals surface area (Å²) in [7, 11) is 0. The van der Waals surface area contributed by atoms with Gasteiger partial charge in [0.2, 0.25) is 0 Å². The Kier molecular flexibility index (Phi) is 4.92. The van der Waals surface area contributed by atoms with E-state index in [0.29, 0.717) is 5.57 Å². The minimum atomic E-state index is -0.941. The van der Waals surface area contributed by atoms with Gasteiger partial charge in [-0.1, -0.05) is 6.08 Å². The Hall–Kier alpha value is -1.85. The van der Waals surface area contributed by atoms with E-state index >= 15 is 0 Å². The molecule has 0 radical (unpaired) electrons. The number of likely N-dealkylation sites (tertiary alicyclic amines) is 1. The standard InChI is InChI=1S/C14H21NO5/c1-6-9-8-10(12(17)19-7-2)15(11(9)16)13(18)20-14(3,4)5/h6,10H,7-8H2,1-5H3/b9-6+/t10-/m1/s1. The summed E-state index contributed by atoms with van der Waals surface area (Å²) >= 11 is 0. The molecular weight excluding hydrogens is 262 g/mol. The van der Waals surface area contributed by atoms with E-state index in [4.69, 9.17) is 9.47 Å². The van der Waals surface area contributed by atoms with Gasteiger partial charge >= 0.3 is 12.1 Å². The molecule has 0 bridgehead atoms. The molecule has 0 saturated carbocycles. The van der Waals surface area contributed by atoms with Gasteiger partial charge in [-0.3, -0.25) is 4.79 Å². The smallest absolute Gasteiger partial charge is 0.418 e. The molecule has 0 spiro atoms. The lowest BCUT2D eigenvalue weighted by Gasteiger charge is -2.26. The lowest BCUT2D eigenvalue weighted by atomic mass is 10.1. The molecule has 0 aromatic carbocycles. The third-order valence-electron chi connectivity index (χ3n) is 2.72. The SMILES string of the molecule is C/C=C1\C[C@H](C(=O)OCC)N(C(=O)OC(C)(C)C)C1=O. The van der Waals surface area contributed by atoms with Gasteiger partial charge in [-0.15, -0.1) is 0 Å². The van der Waals surface area contributed by atoms with E-state index in [1.807, 2.05) is 0 Å². The van der Waals surface area contributed by atoms with Crippen LogP contribution in [0.25, 0.3) is 0 Å². The zero-order chi connectivity index (χ0) is 15.5. The summed E-state index contributed by atoms with van der Waals surface area (Å²) in [4.78, 5) is 37.0. The molecule has 1 atom stereocenters. The molecule has 1 saturated heterocycles. The Balaban J connectivity index is 3.01. The van der Waals surface area contributed by atoms with Crippen LogP contribution in [0.15, 0.2) is 11.6 Å². The highest BCUT2D eigenvalue weighted by Crippen LogP contribution is 2.27. The highest BCUT2D eigenvalue weighted by atomic mass is 16.6. The molecule has 0 unspecified atom stereocenters. The van der Waals surface area contributed by atoms with Gasteiger partial charge in [-0.25, -0.2) is 14.5 Å². The van der Waals surface area contributed by atoms with Crippen molar-refractivity contribution in [1.29, 1.82) is 0 Å². The highest BCUT2D eigenvalue weighted by Gasteiger charge is 2.45. The maximum Gasteiger partial charge on any atom is 0.418 e. The van der Waals surface area contributed by atoms with E-state index in [0.717, 1.165) is 4.90 Å². The molecule has 0 aliphatic carbocycles. The fourth-order valence-electron chi connectivity index (χ4n) is 1.87. The van der Waals surface area contributed by atoms with Crippen molar-refractivity contribution < 1.29 is 23.9 Å². The number of hydrogen-bond acceptors (Lipinski definition) is 5. The van der Waals surface area contributed by atoms with E-state index in [2.05, 4.69) is 0 Å². The minimum absolute atomic E-state index is 0.160. The number of esters is 1. The molecule has 20 heavy (non-hydrogen) atoms. The van der Waals surface area contributed by atoms with Gasteiger partial charge in [-0.05, 0) is 34.6 Å². The molecule has 2 amide bonds. The summed E-state index contributed by atoms with van der Waals surface area (Å²) < 4.78 is 10.1. The van der Waals surface area contributed by atoms with E-state index in [9.17, 15) is 14.4 Å². The number of rotatable bonds is 2. The Morgan fingerprint density at radius 2 is 2.00 bits per heavy atom. The normalized spacial score (nSPS) is 21.2. The van der Waals surface area contributed by atoms with Crippen molar-refractivity contribution in [1.82, 2.24) is 4.90 Å². The average Bonchev–Trinajstić information content (AvgIpc) is 2.64. The molecule has 1 fully saturated rings. The average molecular weight is 283 g/mol. The fourth-order valence-corrected chi connectivity index (χ4v) is 1.87. The number of hydrogen-bond donors (Lipinski definition) is 0. The summed E-state index contributed by atoms with van der Waals surface area (Å²) in [6, 6.07) is -0.941. The van der Waals surface area contributed by atoms with Crippen molar-refractivity contribution in [3.63, 3.8) is 0 Å². The van der Waals surface area contributed by atoms with Crippen molar-refractivity contribution in [3.05, 3.63) is 11.6 Å². The third-order valence-corrected chi connectivity index (χ3v) is 2.72. The van der Waals surface area contributed by atoms with Crippen LogP contribution in [0.2, 0.25) is 0 Å². The van der Waals surface area contributed by atoms with Gasteiger partial charge < -0.3 is 9.47 Å². The first-order valence-corrected chi connectivity index (χ1v) is 6.59. The number of nitrogens with zero attached hydrogens (tertiary/aromatic N) is 1. The quantitative estimate of drug-likeness (QED) is 0.572. The molecule has 0 N–H and O–H groups in total. The lowest BCUT2D eigenvalue weighted by molar-refractivity contribution is -0.150. The summed E-state index contributed by atoms with van der Waals surface area (Å²) in [5, 5.41) is 0. The van der Waals surface area contributed by atoms with Gasteiger partial charge in [-0.2, -0.15) is 0 Å². The zero-order valence-electron chi connectivity index (χ0n) is 12.6. The second-order valence-corrected chi connectivity index (χ2v) is 5.44. The van der Waals surface area contributed by atoms with E-state index in [-0.39, 0.29) is 13.0 Å². The maximum absolute atomic E-state index is 12.1. The predicted molar refractivity (Wildman–Crippen MR) is 71.9 cm³/mol. The van der Waals surface area contributed by atoms with Crippen molar-refractivity contribution >= 4 is 18.0 Å². The first kappa shape index (κ1) is 16.2. The number of carbonyl (C=O) groups excluding carboxylic acids is 3. The van der Waals surface area contributed by atoms with Crippen LogP contribution < -0.4 is 0 Å². The van der Waals surface area contributed by atoms with Gasteiger partial charge in [0.15, 0.2) is 0 Å². The van der Waals surface area contributed by atoms with E-state index in [1.54, 1.807) is 40.7 Å². The maximum atomic E-state index is 12.1. The Labute approximate surface area is 118 Å². The van der Waals surface area contributed by atoms with E-state index < -0.39 is 29.6 Å². The number of carbonyl (C=O) groups is 3. The van der Waals surface area contributed by atoms with E-state index in [1.165, 1.54) is 0 Å². The molecular formula is C14H21NO5. The number of imide groups is 1. The van der Waals surface area contributed by atoms with Gasteiger partial charge in [0.05, 0.1) is 6.61 Å². The summed E-state index contributed by atoms with van der Waals surface area (Å²) in [5.41, 5.74) is -0.330.